The van der Waals surface area contributed by atoms with Gasteiger partial charge in [0, 0.05) is 17.9 Å². The maximum Gasteiger partial charge on any atom is 0.273 e. The molecule has 0 spiro atoms. The van der Waals surface area contributed by atoms with E-state index in [2.05, 4.69) is 26.4 Å². The normalized spacial score (nSPS) is 10.3. The standard InChI is InChI=1S/C10H15BrN2O2/c1-8-7-9(13-15-8)10(14)12-6-4-2-3-5-11/h7H,2-6H2,1H3,(H,12,14). The molecule has 1 aromatic heterocycles. The number of carbonyl (C=O) groups is 1. The van der Waals surface area contributed by atoms with E-state index in [9.17, 15) is 4.79 Å². The second-order valence-corrected chi connectivity index (χ2v) is 4.12. The number of carbonyl (C=O) groups excluding carboxylic acids is 1. The van der Waals surface area contributed by atoms with Crippen LogP contribution in [0.3, 0.4) is 0 Å². The van der Waals surface area contributed by atoms with E-state index in [4.69, 9.17) is 4.52 Å². The van der Waals surface area contributed by atoms with Crippen molar-refractivity contribution in [1.29, 1.82) is 0 Å². The van der Waals surface area contributed by atoms with Crippen LogP contribution in [0.25, 0.3) is 0 Å². The molecule has 0 radical (unpaired) electrons. The summed E-state index contributed by atoms with van der Waals surface area (Å²) in [7, 11) is 0. The SMILES string of the molecule is Cc1cc(C(=O)NCCCCCBr)no1. The Morgan fingerprint density at radius 2 is 2.33 bits per heavy atom. The number of hydrogen-bond acceptors (Lipinski definition) is 3. The maximum absolute atomic E-state index is 11.4. The van der Waals surface area contributed by atoms with Gasteiger partial charge in [0.15, 0.2) is 5.69 Å². The first kappa shape index (κ1) is 12.2. The lowest BCUT2D eigenvalue weighted by Crippen LogP contribution is -2.24. The van der Waals surface area contributed by atoms with Gasteiger partial charge in [0.2, 0.25) is 0 Å². The Kier molecular flexibility index (Phi) is 5.39. The van der Waals surface area contributed by atoms with Crippen LogP contribution in [-0.4, -0.2) is 22.9 Å². The molecule has 0 aromatic carbocycles. The van der Waals surface area contributed by atoms with Crippen LogP contribution < -0.4 is 5.32 Å². The summed E-state index contributed by atoms with van der Waals surface area (Å²) in [5, 5.41) is 7.45. The summed E-state index contributed by atoms with van der Waals surface area (Å²) in [4.78, 5) is 11.4. The van der Waals surface area contributed by atoms with Crippen LogP contribution in [0.15, 0.2) is 10.6 Å². The van der Waals surface area contributed by atoms with Gasteiger partial charge in [-0.1, -0.05) is 27.5 Å². The summed E-state index contributed by atoms with van der Waals surface area (Å²) < 4.78 is 4.81. The lowest BCUT2D eigenvalue weighted by Gasteiger charge is -2.01. The van der Waals surface area contributed by atoms with Crippen molar-refractivity contribution in [3.8, 4) is 0 Å². The van der Waals surface area contributed by atoms with Crippen LogP contribution in [0.5, 0.6) is 0 Å². The third-order valence-corrected chi connectivity index (χ3v) is 2.52. The van der Waals surface area contributed by atoms with Gasteiger partial charge in [-0.05, 0) is 19.8 Å². The summed E-state index contributed by atoms with van der Waals surface area (Å²) in [6.45, 7) is 2.46. The van der Waals surface area contributed by atoms with Crippen molar-refractivity contribution in [3.05, 3.63) is 17.5 Å². The number of nitrogens with one attached hydrogen (secondary N) is 1. The highest BCUT2D eigenvalue weighted by Crippen LogP contribution is 2.01. The van der Waals surface area contributed by atoms with E-state index < -0.39 is 0 Å². The molecule has 0 aliphatic carbocycles. The van der Waals surface area contributed by atoms with Crippen molar-refractivity contribution < 1.29 is 9.32 Å². The topological polar surface area (TPSA) is 55.1 Å². The van der Waals surface area contributed by atoms with Gasteiger partial charge >= 0.3 is 0 Å². The average molecular weight is 275 g/mol. The highest BCUT2D eigenvalue weighted by Gasteiger charge is 2.09. The molecule has 4 nitrogen and oxygen atoms in total. The smallest absolute Gasteiger partial charge is 0.273 e. The molecule has 0 aliphatic rings. The van der Waals surface area contributed by atoms with E-state index in [0.29, 0.717) is 18.0 Å². The van der Waals surface area contributed by atoms with Crippen LogP contribution in [0, 0.1) is 6.92 Å². The number of hydrogen-bond donors (Lipinski definition) is 1. The zero-order valence-corrected chi connectivity index (χ0v) is 10.3. The Labute approximate surface area is 97.5 Å². The van der Waals surface area contributed by atoms with Crippen molar-refractivity contribution >= 4 is 21.8 Å². The first-order chi connectivity index (χ1) is 7.24. The van der Waals surface area contributed by atoms with Crippen LogP contribution in [0.4, 0.5) is 0 Å². The minimum absolute atomic E-state index is 0.161. The molecular formula is C10H15BrN2O2. The van der Waals surface area contributed by atoms with Gasteiger partial charge < -0.3 is 9.84 Å². The molecule has 0 saturated heterocycles. The summed E-state index contributed by atoms with van der Waals surface area (Å²) in [5.74, 6) is 0.491. The molecule has 0 atom stereocenters. The van der Waals surface area contributed by atoms with Crippen LogP contribution in [0.2, 0.25) is 0 Å². The monoisotopic (exact) mass is 274 g/mol. The Morgan fingerprint density at radius 1 is 1.53 bits per heavy atom. The van der Waals surface area contributed by atoms with Gasteiger partial charge in [-0.2, -0.15) is 0 Å². The number of nitrogens with zero attached hydrogens (tertiary/aromatic N) is 1. The van der Waals surface area contributed by atoms with Crippen molar-refractivity contribution in [3.63, 3.8) is 0 Å². The molecule has 0 saturated carbocycles. The fraction of sp³-hybridized carbons (Fsp3) is 0.600. The molecule has 0 bridgehead atoms. The molecule has 1 heterocycles. The lowest BCUT2D eigenvalue weighted by molar-refractivity contribution is 0.0944. The zero-order chi connectivity index (χ0) is 11.1. The predicted molar refractivity (Wildman–Crippen MR) is 61.2 cm³/mol. The third kappa shape index (κ3) is 4.46. The first-order valence-electron chi connectivity index (χ1n) is 5.01. The molecule has 1 rings (SSSR count). The zero-order valence-electron chi connectivity index (χ0n) is 8.75. The molecular weight excluding hydrogens is 260 g/mol. The number of unbranched alkanes of at least 4 members (excludes halogenated alkanes) is 2. The Morgan fingerprint density at radius 3 is 2.93 bits per heavy atom. The molecule has 5 heteroatoms. The molecule has 1 amide bonds. The Bertz CT molecular complexity index is 312. The van der Waals surface area contributed by atoms with Gasteiger partial charge in [0.25, 0.3) is 5.91 Å². The minimum Gasteiger partial charge on any atom is -0.361 e. The highest BCUT2D eigenvalue weighted by molar-refractivity contribution is 9.09. The maximum atomic E-state index is 11.4. The molecule has 0 aliphatic heterocycles. The number of amides is 1. The molecule has 1 N–H and O–H groups in total. The molecule has 84 valence electrons. The first-order valence-corrected chi connectivity index (χ1v) is 6.13. The van der Waals surface area contributed by atoms with Crippen LogP contribution >= 0.6 is 15.9 Å². The number of aryl methyl sites for hydroxylation is 1. The molecule has 1 aromatic rings. The molecule has 0 unspecified atom stereocenters. The van der Waals surface area contributed by atoms with Crippen molar-refractivity contribution in [2.24, 2.45) is 0 Å². The summed E-state index contributed by atoms with van der Waals surface area (Å²) in [6, 6.07) is 1.63. The fourth-order valence-corrected chi connectivity index (χ4v) is 1.56. The van der Waals surface area contributed by atoms with Crippen molar-refractivity contribution in [2.75, 3.05) is 11.9 Å². The number of alkyl halides is 1. The number of aromatic nitrogens is 1. The van der Waals surface area contributed by atoms with Crippen molar-refractivity contribution in [2.45, 2.75) is 26.2 Å². The fourth-order valence-electron chi connectivity index (χ4n) is 1.16. The van der Waals surface area contributed by atoms with Gasteiger partial charge in [0.1, 0.15) is 5.76 Å². The van der Waals surface area contributed by atoms with Crippen molar-refractivity contribution in [1.82, 2.24) is 10.5 Å². The molecule has 15 heavy (non-hydrogen) atoms. The second kappa shape index (κ2) is 6.61. The Balaban J connectivity index is 2.19. The van der Waals surface area contributed by atoms with Gasteiger partial charge in [0.05, 0.1) is 0 Å². The van der Waals surface area contributed by atoms with Crippen LogP contribution in [-0.2, 0) is 0 Å². The van der Waals surface area contributed by atoms with Gasteiger partial charge in [-0.15, -0.1) is 0 Å². The number of rotatable bonds is 6. The summed E-state index contributed by atoms with van der Waals surface area (Å²) in [6.07, 6.45) is 3.25. The number of halogens is 1. The van der Waals surface area contributed by atoms with E-state index in [-0.39, 0.29) is 5.91 Å². The van der Waals surface area contributed by atoms with Crippen LogP contribution in [0.1, 0.15) is 35.5 Å². The predicted octanol–water partition coefficient (Wildman–Crippen LogP) is 2.28. The van der Waals surface area contributed by atoms with E-state index in [1.807, 2.05) is 0 Å². The van der Waals surface area contributed by atoms with E-state index in [0.717, 1.165) is 24.6 Å². The van der Waals surface area contributed by atoms with E-state index >= 15 is 0 Å². The van der Waals surface area contributed by atoms with Gasteiger partial charge in [-0.25, -0.2) is 0 Å². The largest absolute Gasteiger partial charge is 0.361 e. The summed E-state index contributed by atoms with van der Waals surface area (Å²) >= 11 is 3.36. The average Bonchev–Trinajstić information content (AvgIpc) is 2.64. The summed E-state index contributed by atoms with van der Waals surface area (Å²) in [5.41, 5.74) is 0.355. The quantitative estimate of drug-likeness (QED) is 0.640. The highest BCUT2D eigenvalue weighted by atomic mass is 79.9. The molecule has 0 fully saturated rings. The lowest BCUT2D eigenvalue weighted by atomic mass is 10.2. The second-order valence-electron chi connectivity index (χ2n) is 3.33. The third-order valence-electron chi connectivity index (χ3n) is 1.96. The van der Waals surface area contributed by atoms with E-state index in [1.54, 1.807) is 13.0 Å². The Hall–Kier alpha value is -0.840. The van der Waals surface area contributed by atoms with Gasteiger partial charge in [-0.3, -0.25) is 4.79 Å². The van der Waals surface area contributed by atoms with E-state index in [1.165, 1.54) is 0 Å². The minimum atomic E-state index is -0.161.